The van der Waals surface area contributed by atoms with Crippen molar-refractivity contribution in [1.82, 2.24) is 34.6 Å². The lowest BCUT2D eigenvalue weighted by molar-refractivity contribution is 0.0992. The van der Waals surface area contributed by atoms with Crippen molar-refractivity contribution >= 4 is 77.2 Å². The van der Waals surface area contributed by atoms with Crippen LogP contribution in [0.5, 0.6) is 0 Å². The second-order valence-corrected chi connectivity index (χ2v) is 17.0. The molecule has 0 radical (unpaired) electrons. The number of ether oxygens (including phenoxy) is 1. The van der Waals surface area contributed by atoms with Gasteiger partial charge in [-0.05, 0) is 75.4 Å². The minimum atomic E-state index is -4.01. The number of aryl methyl sites for hydroxylation is 1. The van der Waals surface area contributed by atoms with Gasteiger partial charge in [0.15, 0.2) is 12.1 Å². The molecule has 61 heavy (non-hydrogen) atoms. The van der Waals surface area contributed by atoms with Gasteiger partial charge in [-0.15, -0.1) is 6.42 Å². The second-order valence-electron chi connectivity index (χ2n) is 12.7. The second kappa shape index (κ2) is 24.7. The Hall–Kier alpha value is -5.52. The van der Waals surface area contributed by atoms with Crippen LogP contribution in [0, 0.1) is 25.2 Å². The average molecular weight is 917 g/mol. The van der Waals surface area contributed by atoms with Crippen LogP contribution in [0.3, 0.4) is 0 Å². The summed E-state index contributed by atoms with van der Waals surface area (Å²) in [4.78, 5) is 32.3. The number of nitrogens with two attached hydrogens (primary N) is 2. The highest BCUT2D eigenvalue weighted by Gasteiger charge is 2.27. The molecule has 1 amide bonds. The lowest BCUT2D eigenvalue weighted by Crippen LogP contribution is -2.28. The number of allylic oxidation sites excluding steroid dienone is 6. The van der Waals surface area contributed by atoms with Crippen molar-refractivity contribution < 1.29 is 31.2 Å². The van der Waals surface area contributed by atoms with Crippen LogP contribution < -0.4 is 20.9 Å². The number of halogens is 2. The number of fused-ring (bicyclic) bond motifs is 2. The van der Waals surface area contributed by atoms with Crippen LogP contribution >= 0.6 is 23.2 Å². The van der Waals surface area contributed by atoms with E-state index in [1.54, 1.807) is 50.5 Å². The zero-order chi connectivity index (χ0) is 45.9. The first-order valence-electron chi connectivity index (χ1n) is 18.4. The number of primary amides is 1. The van der Waals surface area contributed by atoms with E-state index >= 15 is 0 Å². The summed E-state index contributed by atoms with van der Waals surface area (Å²) in [5, 5.41) is 8.01. The van der Waals surface area contributed by atoms with E-state index in [9.17, 15) is 26.4 Å². The highest BCUT2D eigenvalue weighted by molar-refractivity contribution is 7.90. The number of terminal acetylenes is 1. The number of aldehydes is 1. The number of methoxy groups -OCH3 is 1. The number of hydrogen-bond donors (Lipinski definition) is 7. The molecule has 0 unspecified atom stereocenters. The lowest BCUT2D eigenvalue weighted by Gasteiger charge is -2.15. The molecule has 0 aliphatic rings. The Morgan fingerprint density at radius 3 is 2.05 bits per heavy atom. The van der Waals surface area contributed by atoms with Crippen molar-refractivity contribution in [3.05, 3.63) is 118 Å². The fourth-order valence-electron chi connectivity index (χ4n) is 5.67. The maximum Gasteiger partial charge on any atom is 0.266 e. The molecule has 3 heterocycles. The smallest absolute Gasteiger partial charge is 0.266 e. The SMILES string of the molecule is C#C/C=C\C=C/C.C=C/C(CCNS(=O)(=O)c1c(C=O)[nH]c2ccc(Cl)cc12)=C(/OC)C(C)C.CN.Cc1nc(CCNS(=O)(=O)c2c(C(N)=O)[nH]c3ccc(Cl)cc23)n[nH]1. The molecule has 328 valence electrons. The van der Waals surface area contributed by atoms with Crippen LogP contribution in [-0.4, -0.2) is 81.4 Å². The average Bonchev–Trinajstić information content (AvgIpc) is 3.93. The molecule has 3 aromatic heterocycles. The van der Waals surface area contributed by atoms with Crippen LogP contribution in [0.1, 0.15) is 59.8 Å². The summed E-state index contributed by atoms with van der Waals surface area (Å²) >= 11 is 11.9. The first-order chi connectivity index (χ1) is 28.9. The maximum absolute atomic E-state index is 12.8. The summed E-state index contributed by atoms with van der Waals surface area (Å²) in [7, 11) is -4.86. The highest BCUT2D eigenvalue weighted by Crippen LogP contribution is 2.30. The Morgan fingerprint density at radius 2 is 1.56 bits per heavy atom. The van der Waals surface area contributed by atoms with Gasteiger partial charge in [-0.2, -0.15) is 5.10 Å². The zero-order valence-electron chi connectivity index (χ0n) is 34.6. The third-order valence-corrected chi connectivity index (χ3v) is 11.7. The van der Waals surface area contributed by atoms with E-state index in [1.807, 2.05) is 39.0 Å². The van der Waals surface area contributed by atoms with Crippen molar-refractivity contribution in [3.8, 4) is 12.3 Å². The predicted octanol–water partition coefficient (Wildman–Crippen LogP) is 6.24. The molecule has 0 aliphatic heterocycles. The maximum atomic E-state index is 12.8. The highest BCUT2D eigenvalue weighted by atomic mass is 35.5. The van der Waals surface area contributed by atoms with Gasteiger partial charge in [-0.25, -0.2) is 31.3 Å². The van der Waals surface area contributed by atoms with Crippen LogP contribution in [0.4, 0.5) is 0 Å². The van der Waals surface area contributed by atoms with Gasteiger partial charge in [0.2, 0.25) is 20.0 Å². The Bertz CT molecular complexity index is 2660. The van der Waals surface area contributed by atoms with E-state index in [4.69, 9.17) is 40.1 Å². The molecule has 0 aliphatic carbocycles. The largest absolute Gasteiger partial charge is 0.501 e. The van der Waals surface area contributed by atoms with E-state index in [-0.39, 0.29) is 40.2 Å². The molecule has 5 aromatic rings. The Morgan fingerprint density at radius 1 is 0.984 bits per heavy atom. The minimum Gasteiger partial charge on any atom is -0.501 e. The number of amides is 1. The summed E-state index contributed by atoms with van der Waals surface area (Å²) in [5.41, 5.74) is 11.4. The molecule has 9 N–H and O–H groups in total. The molecule has 0 fully saturated rings. The number of carbonyl (C=O) groups excluding carboxylic acids is 2. The quantitative estimate of drug-likeness (QED) is 0.0254. The van der Waals surface area contributed by atoms with Gasteiger partial charge in [-0.3, -0.25) is 14.7 Å². The fraction of sp³-hybridized carbons (Fsp3) is 0.268. The molecule has 0 bridgehead atoms. The Balaban J connectivity index is 0.000000352. The lowest BCUT2D eigenvalue weighted by atomic mass is 10.0. The van der Waals surface area contributed by atoms with Crippen LogP contribution in [0.15, 0.2) is 94.5 Å². The number of sulfonamides is 2. The van der Waals surface area contributed by atoms with E-state index < -0.39 is 26.0 Å². The molecule has 0 saturated heterocycles. The molecule has 2 aromatic carbocycles. The summed E-state index contributed by atoms with van der Waals surface area (Å²) in [5.74, 6) is 3.53. The summed E-state index contributed by atoms with van der Waals surface area (Å²) in [6.07, 6.45) is 15.0. The number of nitrogens with one attached hydrogen (secondary N) is 5. The van der Waals surface area contributed by atoms with Crippen molar-refractivity contribution in [3.63, 3.8) is 0 Å². The Kier molecular flexibility index (Phi) is 20.9. The molecule has 0 saturated carbocycles. The summed E-state index contributed by atoms with van der Waals surface area (Å²) in [6.45, 7) is 11.6. The minimum absolute atomic E-state index is 0.0148. The molecule has 20 heteroatoms. The van der Waals surface area contributed by atoms with Gasteiger partial charge in [0, 0.05) is 57.3 Å². The molecule has 0 spiro atoms. The normalized spacial score (nSPS) is 11.9. The first-order valence-corrected chi connectivity index (χ1v) is 22.1. The van der Waals surface area contributed by atoms with E-state index in [2.05, 4.69) is 52.8 Å². The number of rotatable bonds is 16. The first kappa shape index (κ1) is 51.6. The van der Waals surface area contributed by atoms with Crippen LogP contribution in [0.25, 0.3) is 21.8 Å². The van der Waals surface area contributed by atoms with Gasteiger partial charge >= 0.3 is 0 Å². The molecule has 0 atom stereocenters. The Labute approximate surface area is 366 Å². The standard InChI is InChI=1S/C19H23ClN2O4S.C14H15ClN6O3S.C7H8.CH5N/c1-5-13(18(26-4)12(2)3)8-9-21-27(24,25)19-15-10-14(20)6-7-16(15)22-17(19)11-23;1-7-18-11(21-20-7)4-5-17-25(23,24)13-9-6-8(15)2-3-10(9)19-12(13)14(16)22;1-3-5-7-6-4-2;1-2/h5-7,10-12,21-22H,1,8-9H2,2-4H3;2-3,6,17,19H,4-5H2,1H3,(H2,16,22)(H,18,20,21);1,4-7H,2H3;2H2,1H3/b18-13-;;6-4-,7-5-;. The number of hydrogen-bond acceptors (Lipinski definition) is 10. The van der Waals surface area contributed by atoms with Gasteiger partial charge in [0.1, 0.15) is 27.1 Å². The van der Waals surface area contributed by atoms with Gasteiger partial charge in [0.05, 0.1) is 12.8 Å². The zero-order valence-corrected chi connectivity index (χ0v) is 37.7. The molecule has 5 rings (SSSR count). The number of aromatic amines is 3. The van der Waals surface area contributed by atoms with Crippen LogP contribution in [-0.2, 0) is 31.2 Å². The topological polar surface area (TPSA) is 261 Å². The van der Waals surface area contributed by atoms with Gasteiger partial charge in [0.25, 0.3) is 5.91 Å². The summed E-state index contributed by atoms with van der Waals surface area (Å²) < 4.78 is 61.5. The predicted molar refractivity (Wildman–Crippen MR) is 242 cm³/mol. The van der Waals surface area contributed by atoms with Gasteiger partial charge in [-0.1, -0.05) is 73.9 Å². The fourth-order valence-corrected chi connectivity index (χ4v) is 8.77. The van der Waals surface area contributed by atoms with Crippen molar-refractivity contribution in [1.29, 1.82) is 0 Å². The van der Waals surface area contributed by atoms with Crippen LogP contribution in [0.2, 0.25) is 10.0 Å². The number of H-pyrrole nitrogens is 3. The number of aromatic nitrogens is 5. The molecular formula is C41H51Cl2N9O7S2. The van der Waals surface area contributed by atoms with Gasteiger partial charge < -0.3 is 26.2 Å². The third-order valence-electron chi connectivity index (χ3n) is 8.13. The van der Waals surface area contributed by atoms with Crippen molar-refractivity contribution in [2.24, 2.45) is 17.4 Å². The van der Waals surface area contributed by atoms with Crippen molar-refractivity contribution in [2.45, 2.75) is 50.3 Å². The summed E-state index contributed by atoms with van der Waals surface area (Å²) in [6, 6.07) is 9.41. The number of nitrogens with zero attached hydrogens (tertiary/aromatic N) is 2. The molecular weight excluding hydrogens is 866 g/mol. The molecule has 16 nitrogen and oxygen atoms in total. The number of carbonyl (C=O) groups is 2. The monoisotopic (exact) mass is 915 g/mol. The van der Waals surface area contributed by atoms with E-state index in [0.717, 1.165) is 11.3 Å². The van der Waals surface area contributed by atoms with E-state index in [0.29, 0.717) is 62.6 Å². The number of benzene rings is 2. The third kappa shape index (κ3) is 14.6. The van der Waals surface area contributed by atoms with E-state index in [1.165, 1.54) is 19.2 Å². The van der Waals surface area contributed by atoms with Crippen molar-refractivity contribution in [2.75, 3.05) is 27.2 Å².